The van der Waals surface area contributed by atoms with Crippen LogP contribution in [-0.4, -0.2) is 16.9 Å². The Morgan fingerprint density at radius 3 is 2.71 bits per heavy atom. The average Bonchev–Trinajstić information content (AvgIpc) is 2.73. The van der Waals surface area contributed by atoms with E-state index in [1.165, 1.54) is 0 Å². The Morgan fingerprint density at radius 2 is 2.24 bits per heavy atom. The Bertz CT molecular complexity index is 378. The van der Waals surface area contributed by atoms with E-state index in [0.717, 1.165) is 16.3 Å². The number of amides is 1. The Labute approximate surface area is 107 Å². The van der Waals surface area contributed by atoms with Crippen LogP contribution in [-0.2, 0) is 4.79 Å². The molecule has 0 aliphatic carbocycles. The van der Waals surface area contributed by atoms with Crippen LogP contribution in [0.1, 0.15) is 43.1 Å². The maximum absolute atomic E-state index is 11.9. The summed E-state index contributed by atoms with van der Waals surface area (Å²) in [5.41, 5.74) is 5.87. The molecule has 5 heteroatoms. The molecule has 1 amide bonds. The lowest BCUT2D eigenvalue weighted by Crippen LogP contribution is -2.45. The number of carbonyl (C=O) groups excluding carboxylic acids is 1. The van der Waals surface area contributed by atoms with Gasteiger partial charge in [-0.3, -0.25) is 4.79 Å². The highest BCUT2D eigenvalue weighted by Crippen LogP contribution is 2.19. The normalized spacial score (nSPS) is 16.3. The molecular weight excluding hydrogens is 234 g/mol. The third-order valence-corrected chi connectivity index (χ3v) is 4.02. The number of thiazole rings is 1. The van der Waals surface area contributed by atoms with Gasteiger partial charge < -0.3 is 11.1 Å². The van der Waals surface area contributed by atoms with E-state index in [9.17, 15) is 4.79 Å². The summed E-state index contributed by atoms with van der Waals surface area (Å²) in [4.78, 5) is 17.3. The summed E-state index contributed by atoms with van der Waals surface area (Å²) in [6.45, 7) is 7.95. The van der Waals surface area contributed by atoms with Crippen molar-refractivity contribution in [3.05, 3.63) is 16.1 Å². The van der Waals surface area contributed by atoms with Crippen LogP contribution in [0.3, 0.4) is 0 Å². The fourth-order valence-electron chi connectivity index (χ4n) is 1.46. The van der Waals surface area contributed by atoms with Crippen molar-refractivity contribution in [1.29, 1.82) is 0 Å². The van der Waals surface area contributed by atoms with Gasteiger partial charge >= 0.3 is 0 Å². The van der Waals surface area contributed by atoms with Crippen LogP contribution in [0, 0.1) is 12.8 Å². The standard InChI is InChI=1S/C12H21N3OS/c1-5-7(2)10(13)11(16)15-9(4)12-14-6-8(3)17-12/h6-7,9-10H,5,13H2,1-4H3,(H,15,16). The number of rotatable bonds is 5. The number of aromatic nitrogens is 1. The maximum Gasteiger partial charge on any atom is 0.237 e. The van der Waals surface area contributed by atoms with E-state index in [0.29, 0.717) is 0 Å². The van der Waals surface area contributed by atoms with Crippen molar-refractivity contribution >= 4 is 17.2 Å². The van der Waals surface area contributed by atoms with Gasteiger partial charge in [0, 0.05) is 11.1 Å². The molecule has 0 bridgehead atoms. The lowest BCUT2D eigenvalue weighted by atomic mass is 9.99. The zero-order valence-corrected chi connectivity index (χ0v) is 11.7. The first-order chi connectivity index (χ1) is 7.95. The molecule has 0 saturated heterocycles. The quantitative estimate of drug-likeness (QED) is 0.845. The molecular formula is C12H21N3OS. The summed E-state index contributed by atoms with van der Waals surface area (Å²) < 4.78 is 0. The molecule has 3 atom stereocenters. The third-order valence-electron chi connectivity index (χ3n) is 2.93. The van der Waals surface area contributed by atoms with Gasteiger partial charge in [-0.05, 0) is 19.8 Å². The SMILES string of the molecule is CCC(C)C(N)C(=O)NC(C)c1ncc(C)s1. The molecule has 0 fully saturated rings. The smallest absolute Gasteiger partial charge is 0.237 e. The number of hydrogen-bond acceptors (Lipinski definition) is 4. The summed E-state index contributed by atoms with van der Waals surface area (Å²) in [7, 11) is 0. The highest BCUT2D eigenvalue weighted by Gasteiger charge is 2.21. The van der Waals surface area contributed by atoms with Crippen LogP contribution in [0.15, 0.2) is 6.20 Å². The number of aryl methyl sites for hydroxylation is 1. The lowest BCUT2D eigenvalue weighted by Gasteiger charge is -2.20. The van der Waals surface area contributed by atoms with Crippen molar-refractivity contribution in [1.82, 2.24) is 10.3 Å². The minimum atomic E-state index is -0.441. The second-order valence-corrected chi connectivity index (χ2v) is 5.72. The number of hydrogen-bond donors (Lipinski definition) is 2. The Balaban J connectivity index is 2.57. The van der Waals surface area contributed by atoms with Gasteiger partial charge in [0.2, 0.25) is 5.91 Å². The molecule has 1 aromatic heterocycles. The van der Waals surface area contributed by atoms with Crippen LogP contribution in [0.2, 0.25) is 0 Å². The second-order valence-electron chi connectivity index (χ2n) is 4.45. The Kier molecular flexibility index (Phi) is 5.08. The maximum atomic E-state index is 11.9. The largest absolute Gasteiger partial charge is 0.346 e. The zero-order chi connectivity index (χ0) is 13.0. The van der Waals surface area contributed by atoms with E-state index >= 15 is 0 Å². The van der Waals surface area contributed by atoms with Gasteiger partial charge in [0.05, 0.1) is 12.1 Å². The molecule has 0 aromatic carbocycles. The van der Waals surface area contributed by atoms with Crippen LogP contribution in [0.5, 0.6) is 0 Å². The zero-order valence-electron chi connectivity index (χ0n) is 10.9. The molecule has 0 aliphatic heterocycles. The number of carbonyl (C=O) groups is 1. The Hall–Kier alpha value is -0.940. The minimum Gasteiger partial charge on any atom is -0.346 e. The molecule has 0 saturated carbocycles. The van der Waals surface area contributed by atoms with Gasteiger partial charge in [-0.2, -0.15) is 0 Å². The van der Waals surface area contributed by atoms with Crippen molar-refractivity contribution in [2.24, 2.45) is 11.7 Å². The van der Waals surface area contributed by atoms with E-state index in [1.54, 1.807) is 11.3 Å². The van der Waals surface area contributed by atoms with Gasteiger partial charge in [0.25, 0.3) is 0 Å². The highest BCUT2D eigenvalue weighted by atomic mass is 32.1. The molecule has 1 rings (SSSR count). The Morgan fingerprint density at radius 1 is 1.59 bits per heavy atom. The van der Waals surface area contributed by atoms with Crippen LogP contribution in [0.25, 0.3) is 0 Å². The van der Waals surface area contributed by atoms with E-state index < -0.39 is 6.04 Å². The van der Waals surface area contributed by atoms with E-state index in [4.69, 9.17) is 5.73 Å². The number of nitrogens with zero attached hydrogens (tertiary/aromatic N) is 1. The lowest BCUT2D eigenvalue weighted by molar-refractivity contribution is -0.124. The van der Waals surface area contributed by atoms with E-state index in [-0.39, 0.29) is 17.9 Å². The van der Waals surface area contributed by atoms with Crippen LogP contribution < -0.4 is 11.1 Å². The van der Waals surface area contributed by atoms with Crippen molar-refractivity contribution < 1.29 is 4.79 Å². The average molecular weight is 255 g/mol. The molecule has 1 aromatic rings. The first kappa shape index (κ1) is 14.1. The van der Waals surface area contributed by atoms with Crippen LogP contribution in [0.4, 0.5) is 0 Å². The molecule has 96 valence electrons. The second kappa shape index (κ2) is 6.12. The van der Waals surface area contributed by atoms with Crippen LogP contribution >= 0.6 is 11.3 Å². The topological polar surface area (TPSA) is 68.0 Å². The van der Waals surface area contributed by atoms with E-state index in [2.05, 4.69) is 10.3 Å². The summed E-state index contributed by atoms with van der Waals surface area (Å²) in [5.74, 6) is 0.0972. The van der Waals surface area contributed by atoms with Crippen molar-refractivity contribution in [2.45, 2.75) is 46.2 Å². The summed E-state index contributed by atoms with van der Waals surface area (Å²) >= 11 is 1.60. The van der Waals surface area contributed by atoms with Crippen molar-refractivity contribution in [3.63, 3.8) is 0 Å². The van der Waals surface area contributed by atoms with Gasteiger partial charge in [-0.15, -0.1) is 11.3 Å². The molecule has 1 heterocycles. The number of nitrogens with one attached hydrogen (secondary N) is 1. The van der Waals surface area contributed by atoms with Crippen molar-refractivity contribution in [2.75, 3.05) is 0 Å². The van der Waals surface area contributed by atoms with Gasteiger partial charge in [-0.25, -0.2) is 4.98 Å². The first-order valence-corrected chi connectivity index (χ1v) is 6.75. The predicted molar refractivity (Wildman–Crippen MR) is 70.8 cm³/mol. The molecule has 0 radical (unpaired) electrons. The molecule has 0 aliphatic rings. The monoisotopic (exact) mass is 255 g/mol. The third kappa shape index (κ3) is 3.78. The minimum absolute atomic E-state index is 0.0729. The summed E-state index contributed by atoms with van der Waals surface area (Å²) in [5, 5.41) is 3.83. The fourth-order valence-corrected chi connectivity index (χ4v) is 2.23. The predicted octanol–water partition coefficient (Wildman–Crippen LogP) is 2.00. The van der Waals surface area contributed by atoms with Gasteiger partial charge in [0.15, 0.2) is 0 Å². The van der Waals surface area contributed by atoms with Gasteiger partial charge in [-0.1, -0.05) is 20.3 Å². The van der Waals surface area contributed by atoms with Gasteiger partial charge in [0.1, 0.15) is 5.01 Å². The molecule has 3 N–H and O–H groups in total. The fraction of sp³-hybridized carbons (Fsp3) is 0.667. The molecule has 0 spiro atoms. The summed E-state index contributed by atoms with van der Waals surface area (Å²) in [6, 6.07) is -0.514. The van der Waals surface area contributed by atoms with Crippen molar-refractivity contribution in [3.8, 4) is 0 Å². The van der Waals surface area contributed by atoms with E-state index in [1.807, 2.05) is 33.9 Å². The number of nitrogens with two attached hydrogens (primary N) is 1. The molecule has 4 nitrogen and oxygen atoms in total. The molecule has 3 unspecified atom stereocenters. The molecule has 17 heavy (non-hydrogen) atoms. The summed E-state index contributed by atoms with van der Waals surface area (Å²) in [6.07, 6.45) is 2.72. The highest BCUT2D eigenvalue weighted by molar-refractivity contribution is 7.11. The first-order valence-electron chi connectivity index (χ1n) is 5.94.